The number of hydrogen-bond acceptors (Lipinski definition) is 2. The van der Waals surface area contributed by atoms with Gasteiger partial charge in [-0.3, -0.25) is 0 Å². The van der Waals surface area contributed by atoms with E-state index < -0.39 is 36.5 Å². The van der Waals surface area contributed by atoms with Crippen LogP contribution in [0.5, 0.6) is 0 Å². The van der Waals surface area contributed by atoms with Crippen LogP contribution in [0, 0.1) is 0 Å². The zero-order chi connectivity index (χ0) is 33.1. The van der Waals surface area contributed by atoms with Crippen molar-refractivity contribution in [3.63, 3.8) is 0 Å². The van der Waals surface area contributed by atoms with Crippen LogP contribution < -0.4 is 31.1 Å². The first-order valence-electron chi connectivity index (χ1n) is 17.2. The van der Waals surface area contributed by atoms with E-state index in [2.05, 4.69) is 183 Å². The Morgan fingerprint density at radius 2 is 0.812 bits per heavy atom. The third-order valence-corrected chi connectivity index (χ3v) is 17.3. The maximum Gasteiger partial charge on any atom is 0.179 e. The molecule has 0 N–H and O–H groups in total. The normalized spacial score (nSPS) is 11.4. The van der Waals surface area contributed by atoms with Crippen LogP contribution in [0.25, 0.3) is 0 Å². The number of unbranched alkanes of at least 4 members (excludes halogenated alkanes) is 3. The fourth-order valence-corrected chi connectivity index (χ4v) is 15.2. The first-order chi connectivity index (χ1) is 23.8. The quantitative estimate of drug-likeness (QED) is 0.120. The van der Waals surface area contributed by atoms with Gasteiger partial charge in [-0.2, -0.15) is 0 Å². The van der Waals surface area contributed by atoms with Gasteiger partial charge in [0.15, 0.2) is 36.5 Å². The Bertz CT molecular complexity index is 1790. The van der Waals surface area contributed by atoms with E-state index in [-0.39, 0.29) is 0 Å². The molecule has 0 amide bonds. The van der Waals surface area contributed by atoms with Crippen LogP contribution in [0.15, 0.2) is 185 Å². The molecule has 48 heavy (non-hydrogen) atoms. The smallest absolute Gasteiger partial charge is 0.179 e. The zero-order valence-electron chi connectivity index (χ0n) is 28.1. The maximum absolute atomic E-state index is 5.38. The molecule has 6 rings (SSSR count). The predicted molar refractivity (Wildman–Crippen MR) is 218 cm³/mol. The molecule has 0 atom stereocenters. The van der Waals surface area contributed by atoms with Gasteiger partial charge < -0.3 is 8.60 Å². The lowest BCUT2D eigenvalue weighted by Crippen LogP contribution is -2.38. The standard InChI is InChI=1S/C24H29NSi2.C18H17NSi2/c1-2-3-4-7-14-21-15-12-13-20-24(21)27(23-18-10-6-11-19-23)25-26-22-16-8-5-9-17-22;1-4-10-16(11-5-1)20-19-21(17-12-6-2-7-13-17)18-14-8-3-9-15-18/h5-6,8-13,15-20H,2-4,7,14,26H2,1H3;1-15H,20H2. The molecule has 0 unspecified atom stereocenters. The molecule has 0 aliphatic heterocycles. The highest BCUT2D eigenvalue weighted by Gasteiger charge is 2.13. The molecular formula is C42H46N2Si4. The number of nitrogens with zero attached hydrogens (tertiary/aromatic N) is 2. The van der Waals surface area contributed by atoms with E-state index >= 15 is 0 Å². The monoisotopic (exact) mass is 690 g/mol. The number of aryl methyl sites for hydroxylation is 1. The molecule has 0 fully saturated rings. The second-order valence-electron chi connectivity index (χ2n) is 11.9. The molecule has 6 aromatic rings. The Balaban J connectivity index is 0.000000194. The highest BCUT2D eigenvalue weighted by atomic mass is 28.3. The summed E-state index contributed by atoms with van der Waals surface area (Å²) in [4.78, 5) is 0. The second-order valence-corrected chi connectivity index (χ2v) is 20.3. The van der Waals surface area contributed by atoms with Crippen LogP contribution in [0.4, 0.5) is 0 Å². The summed E-state index contributed by atoms with van der Waals surface area (Å²) >= 11 is 0. The number of rotatable bonds is 13. The van der Waals surface area contributed by atoms with Crippen molar-refractivity contribution in [2.24, 2.45) is 8.60 Å². The summed E-state index contributed by atoms with van der Waals surface area (Å²) in [5, 5.41) is 8.48. The summed E-state index contributed by atoms with van der Waals surface area (Å²) in [7, 11) is -3.29. The summed E-state index contributed by atoms with van der Waals surface area (Å²) < 4.78 is 10.6. The molecule has 0 aliphatic carbocycles. The predicted octanol–water partition coefficient (Wildman–Crippen LogP) is 5.06. The average molecular weight is 691 g/mol. The van der Waals surface area contributed by atoms with Crippen molar-refractivity contribution in [2.75, 3.05) is 0 Å². The highest BCUT2D eigenvalue weighted by Crippen LogP contribution is 2.07. The van der Waals surface area contributed by atoms with Crippen LogP contribution in [-0.4, -0.2) is 36.5 Å². The van der Waals surface area contributed by atoms with Gasteiger partial charge in [0.2, 0.25) is 0 Å². The molecule has 240 valence electrons. The van der Waals surface area contributed by atoms with E-state index in [0.717, 1.165) is 0 Å². The molecule has 0 spiro atoms. The summed E-state index contributed by atoms with van der Waals surface area (Å²) in [5.41, 5.74) is 1.51. The largest absolute Gasteiger partial charge is 0.361 e. The third kappa shape index (κ3) is 11.2. The molecule has 0 saturated carbocycles. The van der Waals surface area contributed by atoms with Crippen LogP contribution in [0.1, 0.15) is 38.2 Å². The number of hydrogen-bond donors (Lipinski definition) is 0. The van der Waals surface area contributed by atoms with E-state index in [1.54, 1.807) is 0 Å². The molecule has 0 aliphatic rings. The zero-order valence-corrected chi connectivity index (χ0v) is 32.9. The Kier molecular flexibility index (Phi) is 14.8. The SMILES string of the molecule is CCCCCCc1ccccc1[Si](=N[SiH2]c1ccccc1)c1ccccc1.c1ccc([SiH2]N=[Si](c2ccccc2)c2ccccc2)cc1. The Hall–Kier alpha value is -4.21. The fraction of sp³-hybridized carbons (Fsp3) is 0.143. The second kappa shape index (κ2) is 20.2. The molecule has 0 saturated heterocycles. The van der Waals surface area contributed by atoms with Gasteiger partial charge in [-0.1, -0.05) is 202 Å². The van der Waals surface area contributed by atoms with Crippen molar-refractivity contribution in [3.8, 4) is 0 Å². The van der Waals surface area contributed by atoms with Crippen molar-refractivity contribution in [1.82, 2.24) is 0 Å². The highest BCUT2D eigenvalue weighted by molar-refractivity contribution is 6.81. The fourth-order valence-electron chi connectivity index (χ4n) is 5.69. The summed E-state index contributed by atoms with van der Waals surface area (Å²) in [6.07, 6.45) is 6.42. The van der Waals surface area contributed by atoms with Gasteiger partial charge in [-0.25, -0.2) is 0 Å². The van der Waals surface area contributed by atoms with Crippen LogP contribution in [0.3, 0.4) is 0 Å². The molecule has 0 aromatic heterocycles. The van der Waals surface area contributed by atoms with Crippen molar-refractivity contribution in [3.05, 3.63) is 181 Å². The minimum absolute atomic E-state index is 0.576. The van der Waals surface area contributed by atoms with E-state index in [4.69, 9.17) is 8.60 Å². The third-order valence-electron chi connectivity index (χ3n) is 8.24. The molecule has 0 bridgehead atoms. The lowest BCUT2D eigenvalue weighted by molar-refractivity contribution is 0.668. The molecule has 2 nitrogen and oxygen atoms in total. The maximum atomic E-state index is 5.38. The Morgan fingerprint density at radius 1 is 0.417 bits per heavy atom. The van der Waals surface area contributed by atoms with Crippen LogP contribution >= 0.6 is 0 Å². The molecule has 6 heteroatoms. The molecule has 6 aromatic carbocycles. The first kappa shape index (κ1) is 35.1. The van der Waals surface area contributed by atoms with E-state index in [0.29, 0.717) is 0 Å². The molecule has 0 radical (unpaired) electrons. The van der Waals surface area contributed by atoms with Crippen LogP contribution in [-0.2, 0) is 6.42 Å². The summed E-state index contributed by atoms with van der Waals surface area (Å²) in [6, 6.07) is 63.0. The molecule has 0 heterocycles. The van der Waals surface area contributed by atoms with Gasteiger partial charge in [-0.05, 0) is 49.5 Å². The summed E-state index contributed by atoms with van der Waals surface area (Å²) in [6.45, 7) is 2.28. The van der Waals surface area contributed by atoms with Gasteiger partial charge in [0.25, 0.3) is 0 Å². The Labute approximate surface area is 295 Å². The van der Waals surface area contributed by atoms with Crippen molar-refractivity contribution >= 4 is 67.7 Å². The van der Waals surface area contributed by atoms with Gasteiger partial charge in [-0.15, -0.1) is 0 Å². The van der Waals surface area contributed by atoms with E-state index in [1.165, 1.54) is 68.8 Å². The van der Waals surface area contributed by atoms with Gasteiger partial charge in [0, 0.05) is 0 Å². The minimum Gasteiger partial charge on any atom is -0.361 e. The topological polar surface area (TPSA) is 24.7 Å². The van der Waals surface area contributed by atoms with E-state index in [1.807, 2.05) is 0 Å². The summed E-state index contributed by atoms with van der Waals surface area (Å²) in [5.74, 6) is 0. The van der Waals surface area contributed by atoms with Crippen LogP contribution in [0.2, 0.25) is 0 Å². The average Bonchev–Trinajstić information content (AvgIpc) is 3.16. The van der Waals surface area contributed by atoms with Gasteiger partial charge in [0.1, 0.15) is 0 Å². The Morgan fingerprint density at radius 3 is 1.29 bits per heavy atom. The minimum atomic E-state index is -1.08. The van der Waals surface area contributed by atoms with Crippen molar-refractivity contribution in [1.29, 1.82) is 0 Å². The van der Waals surface area contributed by atoms with Gasteiger partial charge >= 0.3 is 0 Å². The van der Waals surface area contributed by atoms with Crippen molar-refractivity contribution in [2.45, 2.75) is 39.0 Å². The van der Waals surface area contributed by atoms with Crippen molar-refractivity contribution < 1.29 is 0 Å². The van der Waals surface area contributed by atoms with Gasteiger partial charge in [0.05, 0.1) is 0 Å². The number of benzene rings is 6. The lowest BCUT2D eigenvalue weighted by Gasteiger charge is -2.12. The molecular weight excluding hydrogens is 645 g/mol. The lowest BCUT2D eigenvalue weighted by atomic mass is 10.1. The first-order valence-corrected chi connectivity index (χ1v) is 22.8. The van der Waals surface area contributed by atoms with E-state index in [9.17, 15) is 0 Å².